The zero-order valence-corrected chi connectivity index (χ0v) is 38.2. The van der Waals surface area contributed by atoms with Crippen LogP contribution in [0.1, 0.15) is 142 Å². The number of benzene rings is 7. The molecule has 10 rings (SSSR count). The van der Waals surface area contributed by atoms with Crippen molar-refractivity contribution in [2.75, 3.05) is 7.05 Å². The van der Waals surface area contributed by atoms with Gasteiger partial charge in [0.15, 0.2) is 0 Å². The van der Waals surface area contributed by atoms with Crippen LogP contribution in [-0.2, 0) is 26.2 Å². The lowest BCUT2D eigenvalue weighted by Crippen LogP contribution is -2.47. The summed E-state index contributed by atoms with van der Waals surface area (Å²) < 4.78 is 1.83. The van der Waals surface area contributed by atoms with Crippen molar-refractivity contribution in [3.8, 4) is 0 Å². The molecule has 8 aromatic rings. The minimum absolute atomic E-state index is 0.134. The molecule has 7 aromatic carbocycles. The maximum atomic E-state index is 14.6. The second-order valence-corrected chi connectivity index (χ2v) is 18.6. The van der Waals surface area contributed by atoms with Crippen molar-refractivity contribution in [1.82, 2.24) is 29.7 Å². The first-order valence-electron chi connectivity index (χ1n) is 23.9. The molecule has 1 aromatic heterocycles. The van der Waals surface area contributed by atoms with E-state index in [2.05, 4.69) is 48.2 Å². The van der Waals surface area contributed by atoms with E-state index in [1.54, 1.807) is 4.90 Å². The lowest BCUT2D eigenvalue weighted by Gasteiger charge is -2.35. The quantitative estimate of drug-likeness (QED) is 0.0344. The monoisotopic (exact) mass is 876 g/mol. The molecule has 66 heavy (non-hydrogen) atoms. The first kappa shape index (κ1) is 43.1. The topological polar surface area (TPSA) is 109 Å². The van der Waals surface area contributed by atoms with Crippen LogP contribution in [0.15, 0.2) is 109 Å². The Labute approximate surface area is 385 Å². The van der Waals surface area contributed by atoms with E-state index < -0.39 is 0 Å². The zero-order chi connectivity index (χ0) is 45.5. The Hall–Kier alpha value is -6.78. The first-order valence-corrected chi connectivity index (χ1v) is 23.9. The Morgan fingerprint density at radius 3 is 1.48 bits per heavy atom. The van der Waals surface area contributed by atoms with Gasteiger partial charge < -0.3 is 0 Å². The molecule has 0 saturated carbocycles. The highest BCUT2D eigenvalue weighted by atomic mass is 16.2. The molecule has 2 aliphatic rings. The van der Waals surface area contributed by atoms with Crippen molar-refractivity contribution in [3.63, 3.8) is 0 Å². The molecule has 2 aliphatic heterocycles. The molecule has 0 bridgehead atoms. The normalized spacial score (nSPS) is 14.0. The number of nitrogens with zero attached hydrogens (tertiary/aromatic N) is 6. The van der Waals surface area contributed by atoms with Crippen LogP contribution in [0.2, 0.25) is 0 Å². The minimum Gasteiger partial charge on any atom is -0.296 e. The highest BCUT2D eigenvalue weighted by molar-refractivity contribution is 6.41. The third-order valence-electron chi connectivity index (χ3n) is 13.9. The molecule has 0 radical (unpaired) electrons. The van der Waals surface area contributed by atoms with Crippen molar-refractivity contribution >= 4 is 66.7 Å². The van der Waals surface area contributed by atoms with Gasteiger partial charge in [0.25, 0.3) is 23.6 Å². The van der Waals surface area contributed by atoms with Crippen LogP contribution < -0.4 is 0 Å². The molecule has 3 heterocycles. The van der Waals surface area contributed by atoms with E-state index in [0.717, 1.165) is 120 Å². The predicted molar refractivity (Wildman–Crippen MR) is 261 cm³/mol. The van der Waals surface area contributed by atoms with Gasteiger partial charge in [0.05, 0.1) is 25.0 Å². The van der Waals surface area contributed by atoms with Gasteiger partial charge in [-0.25, -0.2) is 4.68 Å². The van der Waals surface area contributed by atoms with Gasteiger partial charge >= 0.3 is 0 Å². The van der Waals surface area contributed by atoms with Gasteiger partial charge in [0, 0.05) is 52.2 Å². The molecule has 0 saturated heterocycles. The summed E-state index contributed by atoms with van der Waals surface area (Å²) in [5.74, 6) is -1.09. The molecule has 0 fully saturated rings. The van der Waals surface area contributed by atoms with Crippen molar-refractivity contribution in [2.45, 2.75) is 110 Å². The number of amides is 4. The Kier molecular flexibility index (Phi) is 11.9. The number of hydrogen-bond acceptors (Lipinski definition) is 7. The highest BCUT2D eigenvalue weighted by Crippen LogP contribution is 2.47. The number of hydrogen-bond donors (Lipinski definition) is 0. The average Bonchev–Trinajstić information content (AvgIpc) is 3.77. The number of aromatic nitrogens is 3. The number of imide groups is 2. The standard InChI is InChI=1S/C56H56N6O4/c1-4-6-8-13-17-40(18-14-9-7-5-2)62-55(65)47-29-25-43-41-23-27-45-51-46(28-24-42(49(41)51)44-26-30-48(56(62)66)52(47)50(43)44)54(64)61(53(45)63)33-38-21-19-37(20-22-38)32-60-35-39(57-58-60)34-59(3)31-36-15-11-10-12-16-36/h10-12,15-16,19-30,35,40H,4-9,13-14,17-18,31-34H2,1-3H3. The first-order chi connectivity index (χ1) is 32.2. The smallest absolute Gasteiger partial charge is 0.261 e. The third kappa shape index (κ3) is 7.81. The van der Waals surface area contributed by atoms with Crippen LogP contribution in [0.5, 0.6) is 0 Å². The number of unbranched alkanes of at least 4 members (excludes halogenated alkanes) is 6. The molecule has 334 valence electrons. The maximum Gasteiger partial charge on any atom is 0.261 e. The number of carbonyl (C=O) groups is 4. The molecule has 4 amide bonds. The summed E-state index contributed by atoms with van der Waals surface area (Å²) in [6.07, 6.45) is 12.3. The molecule has 0 unspecified atom stereocenters. The van der Waals surface area contributed by atoms with Crippen LogP contribution in [0, 0.1) is 0 Å². The second kappa shape index (κ2) is 18.2. The van der Waals surface area contributed by atoms with Crippen molar-refractivity contribution in [3.05, 3.63) is 154 Å². The van der Waals surface area contributed by atoms with E-state index in [4.69, 9.17) is 0 Å². The molecular formula is C56H56N6O4. The molecule has 10 nitrogen and oxygen atoms in total. The van der Waals surface area contributed by atoms with E-state index in [0.29, 0.717) is 46.1 Å². The molecule has 0 N–H and O–H groups in total. The summed E-state index contributed by atoms with van der Waals surface area (Å²) in [6.45, 7) is 6.56. The summed E-state index contributed by atoms with van der Waals surface area (Å²) in [5.41, 5.74) is 6.09. The summed E-state index contributed by atoms with van der Waals surface area (Å²) in [5, 5.41) is 15.4. The number of rotatable bonds is 19. The highest BCUT2D eigenvalue weighted by Gasteiger charge is 2.39. The van der Waals surface area contributed by atoms with Crippen LogP contribution in [0.4, 0.5) is 0 Å². The molecular weight excluding hydrogens is 821 g/mol. The summed E-state index contributed by atoms with van der Waals surface area (Å²) >= 11 is 0. The fourth-order valence-corrected chi connectivity index (χ4v) is 10.7. The van der Waals surface area contributed by atoms with Gasteiger partial charge in [-0.3, -0.25) is 33.9 Å². The summed E-state index contributed by atoms with van der Waals surface area (Å²) in [6, 6.07) is 33.5. The largest absolute Gasteiger partial charge is 0.296 e. The maximum absolute atomic E-state index is 14.6. The van der Waals surface area contributed by atoms with Crippen LogP contribution in [0.25, 0.3) is 43.1 Å². The van der Waals surface area contributed by atoms with E-state index in [1.165, 1.54) is 10.5 Å². The molecule has 10 heteroatoms. The lowest BCUT2D eigenvalue weighted by atomic mass is 9.82. The SMILES string of the molecule is CCCCCCC(CCCCCC)N1C(=O)c2ccc3c4ccc5c6c(ccc(c7ccc(c2c37)C1=O)c64)C(=O)N(Cc1ccc(Cn2cc(CN(C)Cc3ccccc3)nn2)cc1)C5=O. The van der Waals surface area contributed by atoms with E-state index in [1.807, 2.05) is 102 Å². The van der Waals surface area contributed by atoms with Crippen molar-refractivity contribution < 1.29 is 19.2 Å². The van der Waals surface area contributed by atoms with Gasteiger partial charge in [-0.2, -0.15) is 0 Å². The van der Waals surface area contributed by atoms with E-state index in [-0.39, 0.29) is 36.2 Å². The molecule has 0 aliphatic carbocycles. The van der Waals surface area contributed by atoms with Crippen LogP contribution >= 0.6 is 0 Å². The molecule has 0 spiro atoms. The summed E-state index contributed by atoms with van der Waals surface area (Å²) in [7, 11) is 2.07. The van der Waals surface area contributed by atoms with Crippen molar-refractivity contribution in [2.24, 2.45) is 0 Å². The second-order valence-electron chi connectivity index (χ2n) is 18.6. The zero-order valence-electron chi connectivity index (χ0n) is 38.2. The minimum atomic E-state index is -0.334. The number of carbonyl (C=O) groups excluding carboxylic acids is 4. The number of fused-ring (bicyclic) bond motifs is 2. The van der Waals surface area contributed by atoms with Crippen LogP contribution in [-0.4, -0.2) is 66.4 Å². The predicted octanol–water partition coefficient (Wildman–Crippen LogP) is 11.7. The van der Waals surface area contributed by atoms with Gasteiger partial charge in [-0.05, 0) is 93.2 Å². The van der Waals surface area contributed by atoms with Gasteiger partial charge in [0.1, 0.15) is 0 Å². The fraction of sp³-hybridized carbons (Fsp3) is 0.321. The Morgan fingerprint density at radius 2 is 0.985 bits per heavy atom. The van der Waals surface area contributed by atoms with E-state index in [9.17, 15) is 19.2 Å². The van der Waals surface area contributed by atoms with Gasteiger partial charge in [0.2, 0.25) is 0 Å². The Morgan fingerprint density at radius 1 is 0.500 bits per heavy atom. The Bertz CT molecular complexity index is 3010. The van der Waals surface area contributed by atoms with Gasteiger partial charge in [-0.15, -0.1) is 5.10 Å². The van der Waals surface area contributed by atoms with E-state index >= 15 is 0 Å². The summed E-state index contributed by atoms with van der Waals surface area (Å²) in [4.78, 5) is 63.0. The van der Waals surface area contributed by atoms with Gasteiger partial charge in [-0.1, -0.05) is 149 Å². The van der Waals surface area contributed by atoms with Crippen molar-refractivity contribution in [1.29, 1.82) is 0 Å². The molecule has 0 atom stereocenters. The average molecular weight is 877 g/mol. The fourth-order valence-electron chi connectivity index (χ4n) is 10.7. The Balaban J connectivity index is 0.903. The third-order valence-corrected chi connectivity index (χ3v) is 13.9. The van der Waals surface area contributed by atoms with Crippen LogP contribution in [0.3, 0.4) is 0 Å². The lowest BCUT2D eigenvalue weighted by molar-refractivity contribution is 0.0514.